The third-order valence-corrected chi connectivity index (χ3v) is 15.0. The molecular weight excluding hydrogens is 320 g/mol. The Morgan fingerprint density at radius 1 is 0.583 bits per heavy atom. The average molecular weight is 351 g/mol. The summed E-state index contributed by atoms with van der Waals surface area (Å²) in [4.78, 5) is 0. The van der Waals surface area contributed by atoms with E-state index in [1.165, 1.54) is 51.4 Å². The number of hydrogen-bond donors (Lipinski definition) is 0. The minimum Gasteiger partial charge on any atom is -0.0685 e. The van der Waals surface area contributed by atoms with Crippen molar-refractivity contribution in [3.63, 3.8) is 0 Å². The molecular formula is C22H30Si2. The highest BCUT2D eigenvalue weighted by Crippen LogP contribution is 2.71. The predicted molar refractivity (Wildman–Crippen MR) is 106 cm³/mol. The summed E-state index contributed by atoms with van der Waals surface area (Å²) in [6.07, 6.45) is 16.5. The lowest BCUT2D eigenvalue weighted by Gasteiger charge is -2.56. The zero-order valence-corrected chi connectivity index (χ0v) is 17.8. The van der Waals surface area contributed by atoms with Crippen LogP contribution in [-0.2, 0) is 0 Å². The van der Waals surface area contributed by atoms with Gasteiger partial charge in [0.15, 0.2) is 0 Å². The van der Waals surface area contributed by atoms with E-state index in [0.29, 0.717) is 0 Å². The summed E-state index contributed by atoms with van der Waals surface area (Å²) in [6.45, 7) is 10.6. The summed E-state index contributed by atoms with van der Waals surface area (Å²) in [6, 6.07) is 0. The van der Waals surface area contributed by atoms with Gasteiger partial charge in [-0.05, 0) is 84.4 Å². The van der Waals surface area contributed by atoms with Crippen LogP contribution in [0.25, 0.3) is 0 Å². The molecule has 24 heavy (non-hydrogen) atoms. The molecule has 10 radical (unpaired) electrons. The topological polar surface area (TPSA) is 0 Å². The van der Waals surface area contributed by atoms with Gasteiger partial charge >= 0.3 is 0 Å². The summed E-state index contributed by atoms with van der Waals surface area (Å²) in [5, 5.41) is 0. The number of rotatable bonds is 0. The molecule has 0 aromatic heterocycles. The zero-order valence-electron chi connectivity index (χ0n) is 15.8. The minimum atomic E-state index is -1.54. The van der Waals surface area contributed by atoms with Gasteiger partial charge in [-0.25, -0.2) is 0 Å². The van der Waals surface area contributed by atoms with E-state index in [2.05, 4.69) is 39.0 Å². The van der Waals surface area contributed by atoms with Crippen LogP contribution >= 0.6 is 0 Å². The zero-order chi connectivity index (χ0) is 16.7. The molecule has 1 aliphatic heterocycles. The Bertz CT molecular complexity index is 468. The Kier molecular flexibility index (Phi) is 3.78. The molecule has 0 amide bonds. The molecule has 0 aromatic rings. The molecule has 0 N–H and O–H groups in total. The van der Waals surface area contributed by atoms with E-state index >= 15 is 0 Å². The SMILES string of the molecule is C[Si]1(C)[C]2[CH][C]3CCCC[C]3[C]2[Si](C)(C)[C]2[C]3CCCC[C]3[CH][C]21. The second-order valence-corrected chi connectivity index (χ2v) is 18.1. The first-order valence-corrected chi connectivity index (χ1v) is 16.1. The molecule has 4 saturated carbocycles. The lowest BCUT2D eigenvalue weighted by molar-refractivity contribution is 0.593. The molecule has 126 valence electrons. The van der Waals surface area contributed by atoms with E-state index in [4.69, 9.17) is 0 Å². The molecule has 0 aromatic carbocycles. The Balaban J connectivity index is 1.57. The maximum Gasteiger partial charge on any atom is 0.0626 e. The van der Waals surface area contributed by atoms with Crippen LogP contribution in [0.5, 0.6) is 0 Å². The van der Waals surface area contributed by atoms with Gasteiger partial charge in [-0.2, -0.15) is 0 Å². The van der Waals surface area contributed by atoms with Gasteiger partial charge in [0.25, 0.3) is 0 Å². The van der Waals surface area contributed by atoms with E-state index < -0.39 is 16.1 Å². The normalized spacial score (nSPS) is 36.5. The van der Waals surface area contributed by atoms with Gasteiger partial charge in [-0.3, -0.25) is 0 Å². The third kappa shape index (κ3) is 2.08. The Morgan fingerprint density at radius 2 is 1.00 bits per heavy atom. The number of hydrogen-bond acceptors (Lipinski definition) is 0. The van der Waals surface area contributed by atoms with Gasteiger partial charge in [-0.1, -0.05) is 51.9 Å². The molecule has 0 bridgehead atoms. The van der Waals surface area contributed by atoms with E-state index in [-0.39, 0.29) is 0 Å². The molecule has 2 heteroatoms. The largest absolute Gasteiger partial charge is 0.0685 e. The van der Waals surface area contributed by atoms with Crippen molar-refractivity contribution in [1.29, 1.82) is 0 Å². The molecule has 0 nitrogen and oxygen atoms in total. The first kappa shape index (κ1) is 16.6. The fourth-order valence-electron chi connectivity index (χ4n) is 6.25. The van der Waals surface area contributed by atoms with Crippen LogP contribution in [0.15, 0.2) is 0 Å². The van der Waals surface area contributed by atoms with Crippen molar-refractivity contribution in [3.8, 4) is 0 Å². The Hall–Kier alpha value is 0.434. The standard InChI is InChI=1S/C22H30Si2/c1-23(2)19-13-15-9-5-7-11-17(15)21(19)24(3,4)22-18-12-8-6-10-16(18)14-20(22)23/h13-14H,5-12H2,1-4H3. The van der Waals surface area contributed by atoms with Crippen LogP contribution in [0.3, 0.4) is 0 Å². The van der Waals surface area contributed by atoms with Crippen molar-refractivity contribution in [3.05, 3.63) is 58.7 Å². The highest BCUT2D eigenvalue weighted by Gasteiger charge is 2.70. The first-order valence-electron chi connectivity index (χ1n) is 10.1. The fourth-order valence-corrected chi connectivity index (χ4v) is 16.7. The van der Waals surface area contributed by atoms with E-state index in [1.807, 2.05) is 34.0 Å². The average Bonchev–Trinajstić information content (AvgIpc) is 3.14. The fraction of sp³-hybridized carbons (Fsp3) is 0.545. The summed E-state index contributed by atoms with van der Waals surface area (Å²) >= 11 is 0. The second-order valence-electron chi connectivity index (χ2n) is 9.54. The number of fused-ring (bicyclic) bond motifs is 6. The molecule has 0 unspecified atom stereocenters. The highest BCUT2D eigenvalue weighted by molar-refractivity contribution is 7.03. The van der Waals surface area contributed by atoms with Crippen molar-refractivity contribution in [2.75, 3.05) is 0 Å². The van der Waals surface area contributed by atoms with Gasteiger partial charge in [-0.15, -0.1) is 0 Å². The predicted octanol–water partition coefficient (Wildman–Crippen LogP) is 5.75. The minimum absolute atomic E-state index is 1.35. The molecule has 4 aliphatic carbocycles. The van der Waals surface area contributed by atoms with Crippen molar-refractivity contribution in [1.82, 2.24) is 0 Å². The summed E-state index contributed by atoms with van der Waals surface area (Å²) < 4.78 is 0. The lowest BCUT2D eigenvalue weighted by atomic mass is 9.81. The van der Waals surface area contributed by atoms with E-state index in [1.54, 1.807) is 11.8 Å². The molecule has 5 fully saturated rings. The van der Waals surface area contributed by atoms with Gasteiger partial charge in [0.05, 0.1) is 16.1 Å². The van der Waals surface area contributed by atoms with Crippen molar-refractivity contribution >= 4 is 16.1 Å². The van der Waals surface area contributed by atoms with E-state index in [0.717, 1.165) is 0 Å². The molecule has 1 heterocycles. The molecule has 1 saturated heterocycles. The third-order valence-electron chi connectivity index (χ3n) is 7.40. The van der Waals surface area contributed by atoms with E-state index in [9.17, 15) is 0 Å². The monoisotopic (exact) mass is 350 g/mol. The summed E-state index contributed by atoms with van der Waals surface area (Å²) in [5.41, 5.74) is 7.53. The second kappa shape index (κ2) is 5.47. The Morgan fingerprint density at radius 3 is 1.46 bits per heavy atom. The van der Waals surface area contributed by atoms with Crippen LogP contribution in [0, 0.1) is 58.7 Å². The maximum absolute atomic E-state index is 2.69. The van der Waals surface area contributed by atoms with Gasteiger partial charge < -0.3 is 0 Å². The quantitative estimate of drug-likeness (QED) is 0.488. The van der Waals surface area contributed by atoms with Crippen LogP contribution in [-0.4, -0.2) is 16.1 Å². The highest BCUT2D eigenvalue weighted by atomic mass is 28.3. The molecule has 0 atom stereocenters. The summed E-state index contributed by atoms with van der Waals surface area (Å²) in [5.74, 6) is 7.13. The van der Waals surface area contributed by atoms with Crippen LogP contribution in [0.4, 0.5) is 0 Å². The van der Waals surface area contributed by atoms with Crippen molar-refractivity contribution < 1.29 is 0 Å². The van der Waals surface area contributed by atoms with Crippen LogP contribution in [0.1, 0.15) is 51.4 Å². The molecule has 0 spiro atoms. The van der Waals surface area contributed by atoms with Gasteiger partial charge in [0, 0.05) is 0 Å². The summed E-state index contributed by atoms with van der Waals surface area (Å²) in [7, 11) is -3.06. The molecule has 5 aliphatic rings. The van der Waals surface area contributed by atoms with Crippen molar-refractivity contribution in [2.45, 2.75) is 77.6 Å². The van der Waals surface area contributed by atoms with Gasteiger partial charge in [0.2, 0.25) is 0 Å². The van der Waals surface area contributed by atoms with Crippen LogP contribution in [0.2, 0.25) is 26.2 Å². The van der Waals surface area contributed by atoms with Crippen LogP contribution < -0.4 is 0 Å². The Labute approximate surface area is 152 Å². The lowest BCUT2D eigenvalue weighted by Crippen LogP contribution is -2.62. The first-order chi connectivity index (χ1) is 11.4. The molecule has 5 rings (SSSR count). The van der Waals surface area contributed by atoms with Gasteiger partial charge in [0.1, 0.15) is 0 Å². The maximum atomic E-state index is 2.69. The smallest absolute Gasteiger partial charge is 0.0626 e. The van der Waals surface area contributed by atoms with Crippen molar-refractivity contribution in [2.24, 2.45) is 0 Å².